The van der Waals surface area contributed by atoms with Gasteiger partial charge >= 0.3 is 0 Å². The minimum Gasteiger partial charge on any atom is -0.390 e. The highest BCUT2D eigenvalue weighted by atomic mass is 16.3. The smallest absolute Gasteiger partial charge is 0.116 e. The molecule has 0 aliphatic carbocycles. The highest BCUT2D eigenvalue weighted by Gasteiger charge is 2.13. The third-order valence-electron chi connectivity index (χ3n) is 3.48. The van der Waals surface area contributed by atoms with Crippen LogP contribution >= 0.6 is 0 Å². The number of aliphatic hydroxyl groups is 1. The molecule has 1 N–H and O–H groups in total. The van der Waals surface area contributed by atoms with E-state index in [9.17, 15) is 5.11 Å². The Bertz CT molecular complexity index is 508. The monoisotopic (exact) mass is 273 g/mol. The zero-order valence-corrected chi connectivity index (χ0v) is 12.1. The molecule has 0 spiro atoms. The number of aromatic nitrogens is 3. The van der Waals surface area contributed by atoms with Crippen molar-refractivity contribution in [2.24, 2.45) is 0 Å². The lowest BCUT2D eigenvalue weighted by molar-refractivity contribution is 0.277. The largest absolute Gasteiger partial charge is 0.390 e. The number of aliphatic hydroxyl groups excluding tert-OH is 1. The van der Waals surface area contributed by atoms with Crippen LogP contribution in [0.1, 0.15) is 44.7 Å². The van der Waals surface area contributed by atoms with E-state index < -0.39 is 0 Å². The van der Waals surface area contributed by atoms with Crippen molar-refractivity contribution in [1.82, 2.24) is 15.0 Å². The topological polar surface area (TPSA) is 50.9 Å². The molecular formula is C16H23N3O. The third kappa shape index (κ3) is 3.67. The minimum absolute atomic E-state index is 0.0694. The molecule has 4 heteroatoms. The van der Waals surface area contributed by atoms with Crippen molar-refractivity contribution in [2.45, 2.75) is 52.2 Å². The zero-order valence-electron chi connectivity index (χ0n) is 12.1. The lowest BCUT2D eigenvalue weighted by Gasteiger charge is -2.07. The van der Waals surface area contributed by atoms with Gasteiger partial charge in [-0.15, -0.1) is 5.10 Å². The maximum absolute atomic E-state index is 9.42. The van der Waals surface area contributed by atoms with Crippen LogP contribution in [-0.2, 0) is 13.2 Å². The Morgan fingerprint density at radius 1 is 1.05 bits per heavy atom. The normalized spacial score (nSPS) is 10.9. The van der Waals surface area contributed by atoms with Gasteiger partial charge in [-0.25, -0.2) is 4.68 Å². The molecule has 0 saturated heterocycles. The lowest BCUT2D eigenvalue weighted by atomic mass is 10.1. The van der Waals surface area contributed by atoms with Gasteiger partial charge in [-0.1, -0.05) is 68.2 Å². The summed E-state index contributed by atoms with van der Waals surface area (Å²) < 4.78 is 1.92. The predicted octanol–water partition coefficient (Wildman–Crippen LogP) is 3.41. The van der Waals surface area contributed by atoms with Crippen molar-refractivity contribution in [3.8, 4) is 11.3 Å². The van der Waals surface area contributed by atoms with Crippen LogP contribution < -0.4 is 0 Å². The molecular weight excluding hydrogens is 250 g/mol. The maximum atomic E-state index is 9.42. The molecule has 108 valence electrons. The molecule has 0 amide bonds. The van der Waals surface area contributed by atoms with E-state index in [2.05, 4.69) is 17.2 Å². The van der Waals surface area contributed by atoms with Gasteiger partial charge in [0.1, 0.15) is 5.69 Å². The summed E-state index contributed by atoms with van der Waals surface area (Å²) in [6.07, 6.45) is 6.15. The van der Waals surface area contributed by atoms with Crippen molar-refractivity contribution < 1.29 is 5.11 Å². The van der Waals surface area contributed by atoms with Crippen molar-refractivity contribution in [3.05, 3.63) is 36.0 Å². The Balaban J connectivity index is 2.08. The average molecular weight is 273 g/mol. The molecule has 20 heavy (non-hydrogen) atoms. The molecule has 0 aliphatic heterocycles. The summed E-state index contributed by atoms with van der Waals surface area (Å²) in [6, 6.07) is 10.0. The number of benzene rings is 1. The van der Waals surface area contributed by atoms with Crippen molar-refractivity contribution in [3.63, 3.8) is 0 Å². The Labute approximate surface area is 120 Å². The van der Waals surface area contributed by atoms with E-state index in [1.807, 2.05) is 35.0 Å². The molecule has 0 radical (unpaired) electrons. The average Bonchev–Trinajstić information content (AvgIpc) is 2.91. The molecule has 2 rings (SSSR count). The number of nitrogens with zero attached hydrogens (tertiary/aromatic N) is 3. The molecule has 0 atom stereocenters. The molecule has 1 aromatic heterocycles. The molecule has 2 aromatic rings. The number of unbranched alkanes of at least 4 members (excludes halogenated alkanes) is 4. The van der Waals surface area contributed by atoms with E-state index in [1.54, 1.807) is 0 Å². The van der Waals surface area contributed by atoms with E-state index in [4.69, 9.17) is 0 Å². The number of rotatable bonds is 8. The van der Waals surface area contributed by atoms with Crippen LogP contribution in [0, 0.1) is 0 Å². The summed E-state index contributed by atoms with van der Waals surface area (Å²) in [6.45, 7) is 3.01. The summed E-state index contributed by atoms with van der Waals surface area (Å²) in [4.78, 5) is 0. The van der Waals surface area contributed by atoms with Gasteiger partial charge in [0.15, 0.2) is 0 Å². The van der Waals surface area contributed by atoms with E-state index in [1.165, 1.54) is 25.7 Å². The third-order valence-corrected chi connectivity index (χ3v) is 3.48. The number of aryl methyl sites for hydroxylation is 1. The summed E-state index contributed by atoms with van der Waals surface area (Å²) in [5, 5.41) is 17.7. The minimum atomic E-state index is -0.0694. The zero-order chi connectivity index (χ0) is 14.2. The first-order chi connectivity index (χ1) is 9.86. The fourth-order valence-corrected chi connectivity index (χ4v) is 2.39. The van der Waals surface area contributed by atoms with Crippen LogP contribution in [0.5, 0.6) is 0 Å². The van der Waals surface area contributed by atoms with Crippen LogP contribution in [0.15, 0.2) is 30.3 Å². The fourth-order valence-electron chi connectivity index (χ4n) is 2.39. The second-order valence-electron chi connectivity index (χ2n) is 5.05. The fraction of sp³-hybridized carbons (Fsp3) is 0.500. The molecule has 4 nitrogen and oxygen atoms in total. The summed E-state index contributed by atoms with van der Waals surface area (Å²) >= 11 is 0. The van der Waals surface area contributed by atoms with Gasteiger partial charge in [0.2, 0.25) is 0 Å². The highest BCUT2D eigenvalue weighted by molar-refractivity contribution is 5.61. The first-order valence-corrected chi connectivity index (χ1v) is 7.45. The van der Waals surface area contributed by atoms with Crippen LogP contribution in [-0.4, -0.2) is 20.1 Å². The SMILES string of the molecule is CCCCCCCn1nnc(CO)c1-c1ccccc1. The van der Waals surface area contributed by atoms with Gasteiger partial charge in [0.25, 0.3) is 0 Å². The number of hydrogen-bond donors (Lipinski definition) is 1. The summed E-state index contributed by atoms with van der Waals surface area (Å²) in [5.41, 5.74) is 2.67. The van der Waals surface area contributed by atoms with E-state index >= 15 is 0 Å². The Kier molecular flexibility index (Phi) is 5.74. The highest BCUT2D eigenvalue weighted by Crippen LogP contribution is 2.22. The van der Waals surface area contributed by atoms with Crippen LogP contribution in [0.2, 0.25) is 0 Å². The van der Waals surface area contributed by atoms with E-state index in [-0.39, 0.29) is 6.61 Å². The van der Waals surface area contributed by atoms with Gasteiger partial charge in [-0.3, -0.25) is 0 Å². The molecule has 1 heterocycles. The molecule has 0 unspecified atom stereocenters. The van der Waals surface area contributed by atoms with Crippen molar-refractivity contribution in [2.75, 3.05) is 0 Å². The Hall–Kier alpha value is -1.68. The van der Waals surface area contributed by atoms with Gasteiger partial charge in [0, 0.05) is 12.1 Å². The first kappa shape index (κ1) is 14.7. The van der Waals surface area contributed by atoms with Crippen LogP contribution in [0.3, 0.4) is 0 Å². The molecule has 1 aromatic carbocycles. The van der Waals surface area contributed by atoms with Crippen molar-refractivity contribution in [1.29, 1.82) is 0 Å². The molecule has 0 fully saturated rings. The number of hydrogen-bond acceptors (Lipinski definition) is 3. The van der Waals surface area contributed by atoms with Crippen molar-refractivity contribution >= 4 is 0 Å². The second-order valence-corrected chi connectivity index (χ2v) is 5.05. The standard InChI is InChI=1S/C16H23N3O/c1-2-3-4-5-9-12-19-16(15(13-20)17-18-19)14-10-7-6-8-11-14/h6-8,10-11,20H,2-5,9,12-13H2,1H3. The summed E-state index contributed by atoms with van der Waals surface area (Å²) in [7, 11) is 0. The lowest BCUT2D eigenvalue weighted by Crippen LogP contribution is -2.03. The second kappa shape index (κ2) is 7.80. The summed E-state index contributed by atoms with van der Waals surface area (Å²) in [5.74, 6) is 0. The Morgan fingerprint density at radius 2 is 1.80 bits per heavy atom. The van der Waals surface area contributed by atoms with Gasteiger partial charge in [-0.2, -0.15) is 0 Å². The van der Waals surface area contributed by atoms with Gasteiger partial charge in [0.05, 0.1) is 12.3 Å². The molecule has 0 bridgehead atoms. The van der Waals surface area contributed by atoms with E-state index in [0.29, 0.717) is 5.69 Å². The molecule has 0 aliphatic rings. The van der Waals surface area contributed by atoms with E-state index in [0.717, 1.165) is 24.2 Å². The predicted molar refractivity (Wildman–Crippen MR) is 80.1 cm³/mol. The van der Waals surface area contributed by atoms with Gasteiger partial charge in [-0.05, 0) is 6.42 Å². The first-order valence-electron chi connectivity index (χ1n) is 7.45. The molecule has 0 saturated carbocycles. The maximum Gasteiger partial charge on any atom is 0.116 e. The van der Waals surface area contributed by atoms with Gasteiger partial charge < -0.3 is 5.11 Å². The quantitative estimate of drug-likeness (QED) is 0.750. The Morgan fingerprint density at radius 3 is 2.50 bits per heavy atom. The van der Waals surface area contributed by atoms with Crippen LogP contribution in [0.4, 0.5) is 0 Å². The van der Waals surface area contributed by atoms with Crippen LogP contribution in [0.25, 0.3) is 11.3 Å².